The van der Waals surface area contributed by atoms with Crippen molar-refractivity contribution in [1.82, 2.24) is 0 Å². The monoisotopic (exact) mass is 244 g/mol. The summed E-state index contributed by atoms with van der Waals surface area (Å²) in [6, 6.07) is 0. The van der Waals surface area contributed by atoms with Crippen LogP contribution in [0.1, 0.15) is 39.8 Å². The fourth-order valence-electron chi connectivity index (χ4n) is 2.34. The van der Waals surface area contributed by atoms with E-state index >= 15 is 0 Å². The quantitative estimate of drug-likeness (QED) is 0.712. The maximum Gasteiger partial charge on any atom is 0.263 e. The zero-order chi connectivity index (χ0) is 13.0. The van der Waals surface area contributed by atoms with Gasteiger partial charge < -0.3 is 9.15 Å². The van der Waals surface area contributed by atoms with Crippen LogP contribution in [-0.2, 0) is 4.74 Å². The summed E-state index contributed by atoms with van der Waals surface area (Å²) < 4.78 is 10.7. The summed E-state index contributed by atoms with van der Waals surface area (Å²) in [5, 5.41) is 0. The van der Waals surface area contributed by atoms with Gasteiger partial charge in [-0.1, -0.05) is 6.58 Å². The van der Waals surface area contributed by atoms with E-state index in [1.165, 1.54) is 6.26 Å². The lowest BCUT2D eigenvalue weighted by Gasteiger charge is -2.12. The highest BCUT2D eigenvalue weighted by Crippen LogP contribution is 2.38. The number of carbonyl (C=O) groups excluding carboxylic acids is 2. The molecule has 0 radical (unpaired) electrons. The SMILES string of the molecule is C=C(C)C1CC2=C(O1)C(=O)c1occ(C)c1C2=O. The standard InChI is InChI=1S/C14H12O4/c1-6(2)9-4-8-11(15)10-7(3)5-17-14(10)12(16)13(8)18-9/h5,9H,1,4H2,2-3H3. The van der Waals surface area contributed by atoms with Crippen LogP contribution >= 0.6 is 0 Å². The number of hydrogen-bond donors (Lipinski definition) is 0. The number of rotatable bonds is 1. The Labute approximate surface area is 104 Å². The summed E-state index contributed by atoms with van der Waals surface area (Å²) in [6.45, 7) is 7.38. The van der Waals surface area contributed by atoms with Gasteiger partial charge in [0.1, 0.15) is 6.10 Å². The number of fused-ring (bicyclic) bond motifs is 1. The van der Waals surface area contributed by atoms with Crippen LogP contribution in [0.5, 0.6) is 0 Å². The number of aryl methyl sites for hydroxylation is 1. The number of ketones is 2. The van der Waals surface area contributed by atoms with Crippen LogP contribution in [0.25, 0.3) is 0 Å². The molecule has 0 saturated carbocycles. The number of allylic oxidation sites excluding steroid dienone is 1. The van der Waals surface area contributed by atoms with E-state index in [1.807, 2.05) is 6.92 Å². The Morgan fingerprint density at radius 2 is 2.11 bits per heavy atom. The molecule has 1 aromatic rings. The minimum absolute atomic E-state index is 0.0959. The molecule has 0 spiro atoms. The van der Waals surface area contributed by atoms with Gasteiger partial charge in [0.05, 0.1) is 17.4 Å². The molecule has 1 aromatic heterocycles. The lowest BCUT2D eigenvalue weighted by atomic mass is 9.89. The smallest absolute Gasteiger partial charge is 0.263 e. The number of hydrogen-bond acceptors (Lipinski definition) is 4. The van der Waals surface area contributed by atoms with Crippen molar-refractivity contribution in [3.8, 4) is 0 Å². The van der Waals surface area contributed by atoms with Crippen molar-refractivity contribution in [2.45, 2.75) is 26.4 Å². The highest BCUT2D eigenvalue weighted by molar-refractivity contribution is 6.26. The predicted molar refractivity (Wildman–Crippen MR) is 63.4 cm³/mol. The van der Waals surface area contributed by atoms with Crippen molar-refractivity contribution in [1.29, 1.82) is 0 Å². The first-order valence-corrected chi connectivity index (χ1v) is 5.73. The number of furan rings is 1. The summed E-state index contributed by atoms with van der Waals surface area (Å²) in [6.07, 6.45) is 1.56. The minimum atomic E-state index is -0.337. The third-order valence-corrected chi connectivity index (χ3v) is 3.36. The van der Waals surface area contributed by atoms with E-state index in [2.05, 4.69) is 6.58 Å². The van der Waals surface area contributed by atoms with Gasteiger partial charge >= 0.3 is 0 Å². The maximum absolute atomic E-state index is 12.3. The molecule has 1 atom stereocenters. The van der Waals surface area contributed by atoms with Gasteiger partial charge in [-0.2, -0.15) is 0 Å². The van der Waals surface area contributed by atoms with E-state index in [0.717, 1.165) is 5.57 Å². The molecular weight excluding hydrogens is 232 g/mol. The topological polar surface area (TPSA) is 56.5 Å². The highest BCUT2D eigenvalue weighted by atomic mass is 16.5. The normalized spacial score (nSPS) is 21.8. The molecule has 2 heterocycles. The highest BCUT2D eigenvalue weighted by Gasteiger charge is 2.43. The Balaban J connectivity index is 2.09. The maximum atomic E-state index is 12.3. The van der Waals surface area contributed by atoms with E-state index < -0.39 is 0 Å². The predicted octanol–water partition coefficient (Wildman–Crippen LogP) is 2.59. The zero-order valence-corrected chi connectivity index (χ0v) is 10.2. The Hall–Kier alpha value is -2.10. The lowest BCUT2D eigenvalue weighted by Crippen LogP contribution is -2.19. The van der Waals surface area contributed by atoms with E-state index in [1.54, 1.807) is 6.92 Å². The van der Waals surface area contributed by atoms with Crippen LogP contribution in [0, 0.1) is 6.92 Å². The summed E-state index contributed by atoms with van der Waals surface area (Å²) >= 11 is 0. The molecule has 3 rings (SSSR count). The van der Waals surface area contributed by atoms with E-state index in [-0.39, 0.29) is 29.2 Å². The Morgan fingerprint density at radius 3 is 2.78 bits per heavy atom. The van der Waals surface area contributed by atoms with Gasteiger partial charge in [0.2, 0.25) is 0 Å². The van der Waals surface area contributed by atoms with Crippen LogP contribution in [0.3, 0.4) is 0 Å². The van der Waals surface area contributed by atoms with Crippen molar-refractivity contribution in [2.24, 2.45) is 0 Å². The Kier molecular flexibility index (Phi) is 2.11. The molecule has 0 fully saturated rings. The third-order valence-electron chi connectivity index (χ3n) is 3.36. The molecule has 0 amide bonds. The molecule has 4 nitrogen and oxygen atoms in total. The van der Waals surface area contributed by atoms with Crippen molar-refractivity contribution < 1.29 is 18.7 Å². The van der Waals surface area contributed by atoms with Crippen molar-refractivity contribution >= 4 is 11.6 Å². The molecule has 4 heteroatoms. The molecular formula is C14H12O4. The molecule has 0 aromatic carbocycles. The number of ether oxygens (including phenoxy) is 1. The lowest BCUT2D eigenvalue weighted by molar-refractivity contribution is 0.0850. The first-order valence-electron chi connectivity index (χ1n) is 5.73. The largest absolute Gasteiger partial charge is 0.481 e. The van der Waals surface area contributed by atoms with Gasteiger partial charge in [-0.15, -0.1) is 0 Å². The van der Waals surface area contributed by atoms with Gasteiger partial charge in [-0.05, 0) is 25.0 Å². The van der Waals surface area contributed by atoms with E-state index in [0.29, 0.717) is 23.1 Å². The first-order chi connectivity index (χ1) is 8.50. The second kappa shape index (κ2) is 3.45. The van der Waals surface area contributed by atoms with Gasteiger partial charge in [-0.3, -0.25) is 9.59 Å². The zero-order valence-electron chi connectivity index (χ0n) is 10.2. The minimum Gasteiger partial charge on any atom is -0.481 e. The molecule has 0 N–H and O–H groups in total. The molecule has 92 valence electrons. The molecule has 0 bridgehead atoms. The fraction of sp³-hybridized carbons (Fsp3) is 0.286. The van der Waals surface area contributed by atoms with Crippen molar-refractivity contribution in [3.05, 3.63) is 46.6 Å². The molecule has 18 heavy (non-hydrogen) atoms. The van der Waals surface area contributed by atoms with Crippen LogP contribution in [0.15, 0.2) is 34.2 Å². The molecule has 2 aliphatic rings. The number of carbonyl (C=O) groups is 2. The first kappa shape index (κ1) is 11.0. The Bertz CT molecular complexity index is 630. The van der Waals surface area contributed by atoms with Gasteiger partial charge in [0.25, 0.3) is 5.78 Å². The second-order valence-electron chi connectivity index (χ2n) is 4.75. The van der Waals surface area contributed by atoms with Gasteiger partial charge in [0, 0.05) is 6.42 Å². The molecule has 1 aliphatic carbocycles. The molecule has 1 aliphatic heterocycles. The number of Topliss-reactive ketones (excluding diaryl/α,β-unsaturated/α-hetero) is 2. The van der Waals surface area contributed by atoms with E-state index in [9.17, 15) is 9.59 Å². The average molecular weight is 244 g/mol. The fourth-order valence-corrected chi connectivity index (χ4v) is 2.34. The van der Waals surface area contributed by atoms with Crippen LogP contribution < -0.4 is 0 Å². The molecule has 0 saturated heterocycles. The van der Waals surface area contributed by atoms with E-state index in [4.69, 9.17) is 9.15 Å². The molecule has 1 unspecified atom stereocenters. The van der Waals surface area contributed by atoms with Crippen LogP contribution in [-0.4, -0.2) is 17.7 Å². The third kappa shape index (κ3) is 1.26. The second-order valence-corrected chi connectivity index (χ2v) is 4.75. The van der Waals surface area contributed by atoms with Crippen molar-refractivity contribution in [3.63, 3.8) is 0 Å². The summed E-state index contributed by atoms with van der Waals surface area (Å²) in [7, 11) is 0. The van der Waals surface area contributed by atoms with Gasteiger partial charge in [0.15, 0.2) is 17.3 Å². The average Bonchev–Trinajstić information content (AvgIpc) is 2.90. The van der Waals surface area contributed by atoms with Gasteiger partial charge in [-0.25, -0.2) is 0 Å². The Morgan fingerprint density at radius 1 is 1.39 bits per heavy atom. The summed E-state index contributed by atoms with van der Waals surface area (Å²) in [5.74, 6) is -0.264. The summed E-state index contributed by atoms with van der Waals surface area (Å²) in [4.78, 5) is 24.5. The summed E-state index contributed by atoms with van der Waals surface area (Å²) in [5.41, 5.74) is 2.32. The van der Waals surface area contributed by atoms with Crippen molar-refractivity contribution in [2.75, 3.05) is 0 Å². The van der Waals surface area contributed by atoms with Crippen LogP contribution in [0.4, 0.5) is 0 Å². The van der Waals surface area contributed by atoms with Crippen LogP contribution in [0.2, 0.25) is 0 Å².